The number of rotatable bonds is 4. The first kappa shape index (κ1) is 38.3. The van der Waals surface area contributed by atoms with Crippen LogP contribution in [0.4, 0.5) is 11.4 Å². The molecular weight excluding hydrogens is 574 g/mol. The molecule has 0 aliphatic heterocycles. The third kappa shape index (κ3) is 20.7. The molecule has 15 heteroatoms. The Bertz CT molecular complexity index is 642. The van der Waals surface area contributed by atoms with Crippen molar-refractivity contribution in [2.45, 2.75) is 37.8 Å². The number of hydrogen-bond donors (Lipinski definition) is 5. The minimum atomic E-state index is 0. The molecule has 1 saturated carbocycles. The van der Waals surface area contributed by atoms with E-state index in [1.54, 1.807) is 0 Å². The van der Waals surface area contributed by atoms with Crippen LogP contribution in [0.5, 0.6) is 0 Å². The molecule has 1 fully saturated rings. The number of benzene rings is 1. The van der Waals surface area contributed by atoms with Crippen molar-refractivity contribution in [3.63, 3.8) is 0 Å². The second kappa shape index (κ2) is 22.0. The van der Waals surface area contributed by atoms with Crippen molar-refractivity contribution in [1.82, 2.24) is 10.6 Å². The van der Waals surface area contributed by atoms with Gasteiger partial charge in [-0.15, -0.1) is 12.6 Å². The molecule has 0 spiro atoms. The molecule has 4 nitrogen and oxygen atoms in total. The molecule has 0 aromatic heterocycles. The van der Waals surface area contributed by atoms with Gasteiger partial charge in [-0.3, -0.25) is 0 Å². The van der Waals surface area contributed by atoms with Crippen LogP contribution in [0.15, 0.2) is 24.3 Å². The maximum absolute atomic E-state index is 4.88. The monoisotopic (exact) mass is 592 g/mol. The van der Waals surface area contributed by atoms with E-state index >= 15 is 0 Å². The number of thiocarbonyl (C=S) groups is 4. The van der Waals surface area contributed by atoms with E-state index in [9.17, 15) is 0 Å². The topological polar surface area (TPSA) is 48.1 Å². The van der Waals surface area contributed by atoms with Crippen LogP contribution < -0.4 is 110 Å². The van der Waals surface area contributed by atoms with E-state index in [1.165, 1.54) is 0 Å². The maximum Gasteiger partial charge on any atom is 1.00 e. The van der Waals surface area contributed by atoms with E-state index in [0.717, 1.165) is 37.1 Å². The molecule has 1 aromatic rings. The third-order valence-electron chi connectivity index (χ3n) is 3.75. The molecule has 0 amide bonds. The van der Waals surface area contributed by atoms with Crippen LogP contribution in [0.25, 0.3) is 0 Å². The molecule has 154 valence electrons. The van der Waals surface area contributed by atoms with E-state index in [2.05, 4.69) is 33.9 Å². The maximum atomic E-state index is 4.88. The predicted octanol–water partition coefficient (Wildman–Crippen LogP) is -5.29. The van der Waals surface area contributed by atoms with E-state index in [0.29, 0.717) is 29.4 Å². The fraction of sp³-hybridized carbons (Fsp3) is 0.375. The van der Waals surface area contributed by atoms with E-state index in [4.69, 9.17) is 86.8 Å². The largest absolute Gasteiger partial charge is 1.00 e. The molecule has 2 rings (SSSR count). The van der Waals surface area contributed by atoms with Crippen molar-refractivity contribution in [3.05, 3.63) is 24.3 Å². The van der Waals surface area contributed by atoms with Crippen molar-refractivity contribution in [1.29, 1.82) is 0 Å². The molecule has 0 heterocycles. The fourth-order valence-corrected chi connectivity index (χ4v) is 3.75. The zero-order chi connectivity index (χ0) is 21.1. The van der Waals surface area contributed by atoms with Crippen LogP contribution in [0.1, 0.15) is 25.7 Å². The van der Waals surface area contributed by atoms with Crippen LogP contribution in [0.2, 0.25) is 0 Å². The van der Waals surface area contributed by atoms with Gasteiger partial charge in [0.15, 0.2) is 0 Å². The van der Waals surface area contributed by atoms with Crippen molar-refractivity contribution in [3.8, 4) is 0 Å². The molecule has 0 radical (unpaired) electrons. The average molecular weight is 593 g/mol. The van der Waals surface area contributed by atoms with Crippen LogP contribution in [-0.2, 0) is 37.9 Å². The quantitative estimate of drug-likeness (QED) is 0.101. The third-order valence-corrected chi connectivity index (χ3v) is 4.65. The van der Waals surface area contributed by atoms with E-state index in [1.807, 2.05) is 24.3 Å². The molecule has 1 aliphatic rings. The van der Waals surface area contributed by atoms with Gasteiger partial charge in [0.05, 0.1) is 0 Å². The average Bonchev–Trinajstić information content (AvgIpc) is 2.57. The van der Waals surface area contributed by atoms with Gasteiger partial charge in [-0.05, 0) is 49.9 Å². The number of nitrogens with one attached hydrogen (secondary N) is 4. The summed E-state index contributed by atoms with van der Waals surface area (Å²) in [7, 11) is 0. The van der Waals surface area contributed by atoms with Gasteiger partial charge in [-0.25, -0.2) is 0 Å². The zero-order valence-electron chi connectivity index (χ0n) is 17.6. The Morgan fingerprint density at radius 2 is 1.00 bits per heavy atom. The minimum absolute atomic E-state index is 0. The zero-order valence-corrected chi connectivity index (χ0v) is 30.2. The van der Waals surface area contributed by atoms with Gasteiger partial charge in [0.2, 0.25) is 0 Å². The van der Waals surface area contributed by atoms with Crippen LogP contribution in [-0.4, -0.2) is 29.4 Å². The fourth-order valence-electron chi connectivity index (χ4n) is 2.60. The van der Waals surface area contributed by atoms with Crippen molar-refractivity contribution in [2.24, 2.45) is 0 Å². The Morgan fingerprint density at radius 3 is 1.26 bits per heavy atom. The smallest absolute Gasteiger partial charge is 0.412 e. The normalized spacial score (nSPS) is 16.2. The standard InChI is InChI=1S/C8H14N2S4.C8H8N2S4.3Na/c2*11-7(12)9-5-1-2-6(4-3-5)10-8(13)14;;;/h5-6H,1-4H2,(H2,9,11,12)(H2,10,13,14);1-4H,(H2,9,11,12)(H2,10,13,14);;;/q;;3*+1/p-3. The van der Waals surface area contributed by atoms with Crippen LogP contribution in [0.3, 0.4) is 0 Å². The van der Waals surface area contributed by atoms with Gasteiger partial charge in [0.1, 0.15) is 4.32 Å². The van der Waals surface area contributed by atoms with Gasteiger partial charge in [0.25, 0.3) is 0 Å². The molecule has 0 bridgehead atoms. The van der Waals surface area contributed by atoms with Crippen LogP contribution in [0, 0.1) is 0 Å². The van der Waals surface area contributed by atoms with E-state index < -0.39 is 0 Å². The van der Waals surface area contributed by atoms with Gasteiger partial charge < -0.3 is 95.8 Å². The number of hydrogen-bond acceptors (Lipinski definition) is 7. The Labute approximate surface area is 295 Å². The summed E-state index contributed by atoms with van der Waals surface area (Å²) in [5.74, 6) is 0. The Morgan fingerprint density at radius 1 is 0.677 bits per heavy atom. The van der Waals surface area contributed by atoms with Gasteiger partial charge in [-0.2, -0.15) is 0 Å². The van der Waals surface area contributed by atoms with Crippen LogP contribution >= 0.6 is 61.5 Å². The summed E-state index contributed by atoms with van der Waals surface area (Å²) < 4.78 is 1.71. The molecule has 0 atom stereocenters. The summed E-state index contributed by atoms with van der Waals surface area (Å²) in [6.45, 7) is 0. The Balaban J connectivity index is -0.000000461. The van der Waals surface area contributed by atoms with Crippen molar-refractivity contribution in [2.75, 3.05) is 10.6 Å². The molecule has 31 heavy (non-hydrogen) atoms. The van der Waals surface area contributed by atoms with Crippen molar-refractivity contribution >= 4 is 128 Å². The summed E-state index contributed by atoms with van der Waals surface area (Å²) in [6, 6.07) is 8.29. The second-order valence-corrected chi connectivity index (χ2v) is 10.2. The summed E-state index contributed by atoms with van der Waals surface area (Å²) in [6.07, 6.45) is 4.36. The molecule has 0 saturated heterocycles. The molecule has 4 N–H and O–H groups in total. The van der Waals surface area contributed by atoms with Crippen molar-refractivity contribution < 1.29 is 88.7 Å². The first-order chi connectivity index (χ1) is 13.2. The Hall–Kier alpha value is 2.79. The first-order valence-corrected chi connectivity index (χ1v) is 11.5. The summed E-state index contributed by atoms with van der Waals surface area (Å²) in [5.41, 5.74) is 1.71. The summed E-state index contributed by atoms with van der Waals surface area (Å²) in [5, 5.41) is 12.0. The van der Waals surface area contributed by atoms with Gasteiger partial charge in [0, 0.05) is 23.5 Å². The first-order valence-electron chi connectivity index (χ1n) is 8.18. The summed E-state index contributed by atoms with van der Waals surface area (Å²) in [4.78, 5) is 0. The number of anilines is 2. The molecule has 0 unspecified atom stereocenters. The van der Waals surface area contributed by atoms with Gasteiger partial charge in [-0.1, -0.05) is 25.2 Å². The van der Waals surface area contributed by atoms with E-state index in [-0.39, 0.29) is 88.7 Å². The minimum Gasteiger partial charge on any atom is -0.412 e. The SMILES string of the molecule is S=C([S-])NC1CCC(NC(=S)S)CC1.S=C([S-])Nc1ccc(NC(=S)[S-])cc1.[Na+].[Na+].[Na+]. The van der Waals surface area contributed by atoms with Gasteiger partial charge >= 0.3 is 88.7 Å². The molecular formula is C16H19N4Na3S8. The Kier molecular flexibility index (Phi) is 27.2. The number of thiol groups is 1. The second-order valence-electron chi connectivity index (χ2n) is 5.83. The molecule has 1 aliphatic carbocycles. The summed E-state index contributed by atoms with van der Waals surface area (Å²) >= 11 is 37.5. The predicted molar refractivity (Wildman–Crippen MR) is 147 cm³/mol. The molecule has 1 aromatic carbocycles.